The molecule has 1 aliphatic rings. The van der Waals surface area contributed by atoms with Crippen LogP contribution in [0.1, 0.15) is 111 Å². The summed E-state index contributed by atoms with van der Waals surface area (Å²) in [6.45, 7) is 16.1. The summed E-state index contributed by atoms with van der Waals surface area (Å²) in [5, 5.41) is 90.9. The molecule has 52 heavy (non-hydrogen) atoms. The fourth-order valence-electron chi connectivity index (χ4n) is 2.86. The fraction of sp³-hybridized carbons (Fsp3) is 0.417. The van der Waals surface area contributed by atoms with E-state index in [1.54, 1.807) is 81.4 Å². The van der Waals surface area contributed by atoms with Gasteiger partial charge >= 0.3 is 43.4 Å². The zero-order chi connectivity index (χ0) is 39.9. The normalized spacial score (nSPS) is 10.2. The summed E-state index contributed by atoms with van der Waals surface area (Å²) in [5.74, 6) is -3.96. The molecule has 0 saturated heterocycles. The minimum absolute atomic E-state index is 0. The number of carboxylic acid groups (broad SMARTS) is 1. The largest absolute Gasteiger partial charge is 4.00 e. The second-order valence-corrected chi connectivity index (χ2v) is 11.4. The molecule has 0 spiro atoms. The van der Waals surface area contributed by atoms with E-state index in [2.05, 4.69) is 0 Å². The molecule has 0 N–H and O–H groups in total. The molecule has 1 aliphatic carbocycles. The Morgan fingerprint density at radius 2 is 0.885 bits per heavy atom. The quantitative estimate of drug-likeness (QED) is 0.139. The van der Waals surface area contributed by atoms with E-state index in [9.17, 15) is 65.4 Å². The third-order valence-electron chi connectivity index (χ3n) is 4.32. The van der Waals surface area contributed by atoms with Gasteiger partial charge in [-0.1, -0.05) is 106 Å². The predicted molar refractivity (Wildman–Crippen MR) is 172 cm³/mol. The predicted octanol–water partition coefficient (Wildman–Crippen LogP) is -0.662. The van der Waals surface area contributed by atoms with Crippen molar-refractivity contribution in [3.63, 3.8) is 0 Å². The minimum atomic E-state index is -1.34. The minimum Gasteiger partial charge on any atom is -0.873 e. The maximum atomic E-state index is 12.1. The molecular formula is C36H45NO13Ti2. The van der Waals surface area contributed by atoms with Gasteiger partial charge in [0.1, 0.15) is 0 Å². The number of nitro benzene ring substituents is 1. The number of fused-ring (bicyclic) bond motifs is 2. The van der Waals surface area contributed by atoms with Gasteiger partial charge in [0, 0.05) is 34.4 Å². The standard InChI is InChI=1S/C14H8O4.C7H5NO4.5C3H7O.2Ti/c15-10-6-5-9-11(14(10)18)13(17)8-4-2-1-3-7(8)12(9)16;9-7(10)5-1-3-6(4-2-5)8(11)12;5*1-3(2)4;;/h1-6,15,18H;1-4H,(H,9,10);5*3H,1-2H3;;/q;;5*-1;2*+4/p-3. The van der Waals surface area contributed by atoms with E-state index in [1.165, 1.54) is 18.2 Å². The second-order valence-electron chi connectivity index (χ2n) is 11.4. The molecular weight excluding hydrogens is 750 g/mol. The van der Waals surface area contributed by atoms with Crippen molar-refractivity contribution in [2.24, 2.45) is 0 Å². The molecule has 0 unspecified atom stereocenters. The Kier molecular flexibility index (Phi) is 34.9. The monoisotopic (exact) mass is 795 g/mol. The van der Waals surface area contributed by atoms with Crippen LogP contribution in [0.2, 0.25) is 0 Å². The molecule has 0 heterocycles. The number of aromatic carboxylic acids is 1. The SMILES string of the molecule is CC(C)[O-].CC(C)[O-].CC(C)[O-].CC(C)[O-].CC(C)[O-].O=C([O-])c1ccc([N+](=O)[O-])cc1.O=C1c2ccccc2C(=O)c2c1ccc([O-])c2[O-].[Ti+4].[Ti+4]. The number of nitrogens with zero attached hydrogens (tertiary/aromatic N) is 1. The van der Waals surface area contributed by atoms with Crippen molar-refractivity contribution in [3.8, 4) is 11.5 Å². The number of non-ortho nitro benzene ring substituents is 1. The van der Waals surface area contributed by atoms with Crippen molar-refractivity contribution >= 4 is 23.2 Å². The van der Waals surface area contributed by atoms with Gasteiger partial charge in [-0.05, 0) is 17.7 Å². The number of nitro groups is 1. The first-order valence-electron chi connectivity index (χ1n) is 15.3. The topological polar surface area (TPSA) is 279 Å². The van der Waals surface area contributed by atoms with E-state index >= 15 is 0 Å². The summed E-state index contributed by atoms with van der Waals surface area (Å²) in [5.41, 5.74) is -0.0409. The number of rotatable bonds is 2. The fourth-order valence-corrected chi connectivity index (χ4v) is 2.86. The number of carbonyl (C=O) groups is 3. The molecule has 3 aromatic carbocycles. The third kappa shape index (κ3) is 28.3. The van der Waals surface area contributed by atoms with Gasteiger partial charge in [-0.3, -0.25) is 19.7 Å². The molecule has 3 aromatic rings. The third-order valence-corrected chi connectivity index (χ3v) is 4.32. The average Bonchev–Trinajstić information content (AvgIpc) is 2.96. The molecule has 14 nitrogen and oxygen atoms in total. The van der Waals surface area contributed by atoms with E-state index in [-0.39, 0.29) is 76.9 Å². The van der Waals surface area contributed by atoms with Crippen LogP contribution in [0.15, 0.2) is 60.7 Å². The van der Waals surface area contributed by atoms with Crippen LogP contribution < -0.4 is 40.9 Å². The van der Waals surface area contributed by atoms with Gasteiger partial charge in [-0.2, -0.15) is 0 Å². The van der Waals surface area contributed by atoms with Gasteiger partial charge < -0.3 is 45.6 Å². The van der Waals surface area contributed by atoms with E-state index in [1.807, 2.05) is 0 Å². The molecule has 0 atom stereocenters. The van der Waals surface area contributed by atoms with Crippen molar-refractivity contribution < 1.29 is 104 Å². The molecule has 0 aromatic heterocycles. The van der Waals surface area contributed by atoms with Crippen molar-refractivity contribution in [2.75, 3.05) is 0 Å². The number of hydrogen-bond acceptors (Lipinski definition) is 13. The first-order valence-corrected chi connectivity index (χ1v) is 15.3. The first-order chi connectivity index (χ1) is 22.9. The molecule has 280 valence electrons. The molecule has 4 rings (SSSR count). The maximum absolute atomic E-state index is 12.1. The Morgan fingerprint density at radius 3 is 1.19 bits per heavy atom. The second kappa shape index (κ2) is 31.2. The van der Waals surface area contributed by atoms with Gasteiger partial charge in [0.2, 0.25) is 0 Å². The number of carboxylic acids is 1. The summed E-state index contributed by atoms with van der Waals surface area (Å²) in [4.78, 5) is 44.0. The first kappa shape index (κ1) is 58.0. The Labute approximate surface area is 335 Å². The van der Waals surface area contributed by atoms with Gasteiger partial charge in [0.05, 0.1) is 10.9 Å². The van der Waals surface area contributed by atoms with Crippen LogP contribution in [0.3, 0.4) is 0 Å². The zero-order valence-corrected chi connectivity index (χ0v) is 34.0. The summed E-state index contributed by atoms with van der Waals surface area (Å²) in [7, 11) is 0. The number of carbonyl (C=O) groups excluding carboxylic acids is 3. The Bertz CT molecular complexity index is 1380. The average molecular weight is 795 g/mol. The van der Waals surface area contributed by atoms with Gasteiger partial charge in [0.15, 0.2) is 11.6 Å². The number of hydrogen-bond donors (Lipinski definition) is 0. The van der Waals surface area contributed by atoms with E-state index < -0.39 is 64.5 Å². The van der Waals surface area contributed by atoms with Crippen LogP contribution >= 0.6 is 0 Å². The molecule has 0 saturated carbocycles. The van der Waals surface area contributed by atoms with Crippen LogP contribution in [-0.2, 0) is 43.4 Å². The van der Waals surface area contributed by atoms with Crippen LogP contribution in [0.25, 0.3) is 0 Å². The van der Waals surface area contributed by atoms with Gasteiger partial charge in [-0.15, -0.1) is 42.0 Å². The van der Waals surface area contributed by atoms with Crippen LogP contribution in [0.4, 0.5) is 5.69 Å². The van der Waals surface area contributed by atoms with Crippen molar-refractivity contribution in [1.82, 2.24) is 0 Å². The zero-order valence-electron chi connectivity index (χ0n) is 30.9. The number of ketones is 2. The van der Waals surface area contributed by atoms with Crippen molar-refractivity contribution in [2.45, 2.75) is 99.8 Å². The Morgan fingerprint density at radius 1 is 0.558 bits per heavy atom. The summed E-state index contributed by atoms with van der Waals surface area (Å²) >= 11 is 0. The van der Waals surface area contributed by atoms with Gasteiger partial charge in [0.25, 0.3) is 5.69 Å². The van der Waals surface area contributed by atoms with Crippen LogP contribution in [0.5, 0.6) is 11.5 Å². The summed E-state index contributed by atoms with van der Waals surface area (Å²) in [6.07, 6.45) is -2.08. The maximum Gasteiger partial charge on any atom is 4.00 e. The molecule has 16 heteroatoms. The molecule has 0 radical (unpaired) electrons. The molecule has 0 aliphatic heterocycles. The van der Waals surface area contributed by atoms with E-state index in [4.69, 9.17) is 0 Å². The number of benzene rings is 3. The Balaban J connectivity index is -0.000000188. The van der Waals surface area contributed by atoms with Crippen LogP contribution in [-0.4, -0.2) is 53.0 Å². The molecule has 0 amide bonds. The smallest absolute Gasteiger partial charge is 0.873 e. The summed E-state index contributed by atoms with van der Waals surface area (Å²) in [6, 6.07) is 13.0. The summed E-state index contributed by atoms with van der Waals surface area (Å²) < 4.78 is 0. The molecule has 0 bridgehead atoms. The van der Waals surface area contributed by atoms with E-state index in [0.29, 0.717) is 0 Å². The van der Waals surface area contributed by atoms with Crippen LogP contribution in [0, 0.1) is 10.1 Å². The Hall–Kier alpha value is -3.30. The van der Waals surface area contributed by atoms with Crippen molar-refractivity contribution in [1.29, 1.82) is 0 Å². The van der Waals surface area contributed by atoms with Gasteiger partial charge in [-0.25, -0.2) is 0 Å². The van der Waals surface area contributed by atoms with E-state index in [0.717, 1.165) is 30.3 Å². The molecule has 0 fully saturated rings. The van der Waals surface area contributed by atoms with Crippen molar-refractivity contribution in [3.05, 3.63) is 98.6 Å².